The lowest BCUT2D eigenvalue weighted by Crippen LogP contribution is -2.61. The minimum Gasteiger partial charge on any atom is -0.428 e. The highest BCUT2D eigenvalue weighted by atomic mass is 35.5. The molecule has 28 heavy (non-hydrogen) atoms. The molecule has 10 heteroatoms. The van der Waals surface area contributed by atoms with E-state index < -0.39 is 30.4 Å². The third kappa shape index (κ3) is 5.55. The quantitative estimate of drug-likeness (QED) is 0.289. The Labute approximate surface area is 170 Å². The number of carbonyl (C=O) groups is 1. The van der Waals surface area contributed by atoms with E-state index in [1.807, 2.05) is 0 Å². The fourth-order valence-electron chi connectivity index (χ4n) is 2.17. The number of carbonyl (C=O) groups excluding carboxylic acids is 1. The maximum absolute atomic E-state index is 10.8. The lowest BCUT2D eigenvalue weighted by Gasteiger charge is -2.36. The smallest absolute Gasteiger partial charge is 0.399 e. The first-order valence-electron chi connectivity index (χ1n) is 7.95. The zero-order valence-electron chi connectivity index (χ0n) is 14.2. The summed E-state index contributed by atoms with van der Waals surface area (Å²) >= 11 is 11.6. The van der Waals surface area contributed by atoms with E-state index in [4.69, 9.17) is 32.7 Å². The van der Waals surface area contributed by atoms with Crippen molar-refractivity contribution in [2.24, 2.45) is 0 Å². The first kappa shape index (κ1) is 22.4. The molecule has 4 atom stereocenters. The van der Waals surface area contributed by atoms with Gasteiger partial charge < -0.3 is 39.8 Å². The van der Waals surface area contributed by atoms with Gasteiger partial charge in [-0.15, -0.1) is 0 Å². The largest absolute Gasteiger partial charge is 0.428 e. The van der Waals surface area contributed by atoms with Crippen LogP contribution in [0, 0.1) is 0 Å². The monoisotopic (exact) mass is 432 g/mol. The number of aliphatic hydroxyl groups excluding tert-OH is 4. The minimum atomic E-state index is -2.93. The summed E-state index contributed by atoms with van der Waals surface area (Å²) in [6.45, 7) is 0. The van der Waals surface area contributed by atoms with E-state index in [1.54, 1.807) is 0 Å². The highest BCUT2D eigenvalue weighted by molar-refractivity contribution is 6.30. The van der Waals surface area contributed by atoms with E-state index in [2.05, 4.69) is 0 Å². The molecule has 0 unspecified atom stereocenters. The van der Waals surface area contributed by atoms with Gasteiger partial charge in [-0.05, 0) is 48.5 Å². The lowest BCUT2D eigenvalue weighted by molar-refractivity contribution is -0.339. The van der Waals surface area contributed by atoms with Crippen molar-refractivity contribution in [1.29, 1.82) is 0 Å². The Morgan fingerprint density at radius 3 is 1.54 bits per heavy atom. The zero-order chi connectivity index (χ0) is 20.9. The summed E-state index contributed by atoms with van der Waals surface area (Å²) in [6, 6.07) is 11.2. The van der Waals surface area contributed by atoms with Crippen molar-refractivity contribution in [2.45, 2.75) is 30.4 Å². The second kappa shape index (κ2) is 9.53. The Kier molecular flexibility index (Phi) is 7.62. The molecule has 2 aromatic rings. The van der Waals surface area contributed by atoms with Crippen LogP contribution in [0.3, 0.4) is 0 Å². The van der Waals surface area contributed by atoms with Crippen molar-refractivity contribution in [2.75, 3.05) is 0 Å². The molecule has 0 fully saturated rings. The topological polar surface area (TPSA) is 137 Å². The summed E-state index contributed by atoms with van der Waals surface area (Å²) in [5.74, 6) is -2.93. The van der Waals surface area contributed by atoms with Gasteiger partial charge in [0.15, 0.2) is 12.4 Å². The first-order valence-corrected chi connectivity index (χ1v) is 8.71. The molecule has 0 aliphatic carbocycles. The molecule has 0 heterocycles. The molecule has 152 valence electrons. The normalized spacial score (nSPS) is 16.0. The van der Waals surface area contributed by atoms with Gasteiger partial charge >= 0.3 is 5.97 Å². The molecule has 0 saturated heterocycles. The third-order valence-electron chi connectivity index (χ3n) is 3.69. The van der Waals surface area contributed by atoms with Crippen molar-refractivity contribution in [3.63, 3.8) is 0 Å². The van der Waals surface area contributed by atoms with Gasteiger partial charge in [0, 0.05) is 10.0 Å². The van der Waals surface area contributed by atoms with Crippen LogP contribution in [-0.4, -0.2) is 62.2 Å². The number of rotatable bonds is 9. The van der Waals surface area contributed by atoms with Crippen LogP contribution in [0.25, 0.3) is 0 Å². The van der Waals surface area contributed by atoms with Gasteiger partial charge in [-0.1, -0.05) is 23.2 Å². The molecule has 5 N–H and O–H groups in total. The van der Waals surface area contributed by atoms with Crippen molar-refractivity contribution in [1.82, 2.24) is 0 Å². The van der Waals surface area contributed by atoms with E-state index in [0.29, 0.717) is 10.0 Å². The van der Waals surface area contributed by atoms with Crippen LogP contribution in [-0.2, 0) is 4.79 Å². The van der Waals surface area contributed by atoms with Crippen LogP contribution in [0.5, 0.6) is 11.5 Å². The van der Waals surface area contributed by atoms with Crippen LogP contribution in [0.4, 0.5) is 0 Å². The number of aliphatic hydroxyl groups is 5. The second-order valence-electron chi connectivity index (χ2n) is 5.80. The molecule has 0 aromatic heterocycles. The molecule has 0 saturated carbocycles. The summed E-state index contributed by atoms with van der Waals surface area (Å²) in [5.41, 5.74) is 0. The Morgan fingerprint density at radius 1 is 0.786 bits per heavy atom. The molecule has 0 aliphatic rings. The SMILES string of the molecule is O=C[C@H](O)[C@@H](O)[C@H](O)[C@H](O)C(O)(Oc1ccc(Cl)cc1)Oc1ccc(Cl)cc1. The van der Waals surface area contributed by atoms with Crippen LogP contribution in [0.1, 0.15) is 0 Å². The summed E-state index contributed by atoms with van der Waals surface area (Å²) in [6.07, 6.45) is -8.71. The zero-order valence-corrected chi connectivity index (χ0v) is 15.7. The number of ether oxygens (including phenoxy) is 2. The number of aldehydes is 1. The molecule has 0 spiro atoms. The Bertz CT molecular complexity index is 721. The Balaban J connectivity index is 2.34. The number of benzene rings is 2. The fourth-order valence-corrected chi connectivity index (χ4v) is 2.42. The van der Waals surface area contributed by atoms with Crippen molar-refractivity contribution in [3.8, 4) is 11.5 Å². The third-order valence-corrected chi connectivity index (χ3v) is 4.20. The number of hydrogen-bond donors (Lipinski definition) is 5. The van der Waals surface area contributed by atoms with E-state index in [-0.39, 0.29) is 17.8 Å². The van der Waals surface area contributed by atoms with Crippen LogP contribution >= 0.6 is 23.2 Å². The molecule has 8 nitrogen and oxygen atoms in total. The summed E-state index contributed by atoms with van der Waals surface area (Å²) in [7, 11) is 0. The van der Waals surface area contributed by atoms with Gasteiger partial charge in [0.05, 0.1) is 0 Å². The van der Waals surface area contributed by atoms with Crippen molar-refractivity contribution < 1.29 is 39.8 Å². The molecule has 0 bridgehead atoms. The van der Waals surface area contributed by atoms with E-state index in [9.17, 15) is 30.3 Å². The lowest BCUT2D eigenvalue weighted by atomic mass is 10.0. The molecule has 0 radical (unpaired) electrons. The van der Waals surface area contributed by atoms with E-state index in [1.165, 1.54) is 48.5 Å². The van der Waals surface area contributed by atoms with Gasteiger partial charge in [-0.25, -0.2) is 0 Å². The standard InChI is InChI=1S/C18H18Cl2O8/c19-10-1-5-12(6-2-10)27-18(26,28-13-7-3-11(20)4-8-13)17(25)16(24)15(23)14(22)9-21/h1-9,14-17,22-26H/t14-,15+,16-,17-/m0/s1. The van der Waals surface area contributed by atoms with Gasteiger partial charge in [0.25, 0.3) is 0 Å². The van der Waals surface area contributed by atoms with Crippen LogP contribution in [0.15, 0.2) is 48.5 Å². The van der Waals surface area contributed by atoms with Gasteiger partial charge in [0.2, 0.25) is 0 Å². The maximum Gasteiger partial charge on any atom is 0.399 e. The first-order chi connectivity index (χ1) is 13.2. The van der Waals surface area contributed by atoms with Crippen molar-refractivity contribution in [3.05, 3.63) is 58.6 Å². The summed E-state index contributed by atoms with van der Waals surface area (Å²) in [4.78, 5) is 10.6. The minimum absolute atomic E-state index is 0.00228. The molecule has 0 aliphatic heterocycles. The second-order valence-corrected chi connectivity index (χ2v) is 6.67. The predicted molar refractivity (Wildman–Crippen MR) is 99.2 cm³/mol. The van der Waals surface area contributed by atoms with Crippen LogP contribution < -0.4 is 9.47 Å². The highest BCUT2D eigenvalue weighted by Gasteiger charge is 2.49. The molecule has 2 rings (SSSR count). The maximum atomic E-state index is 10.8. The average molecular weight is 433 g/mol. The summed E-state index contributed by atoms with van der Waals surface area (Å²) < 4.78 is 10.6. The molecule has 0 amide bonds. The Morgan fingerprint density at radius 2 is 1.18 bits per heavy atom. The van der Waals surface area contributed by atoms with Crippen molar-refractivity contribution >= 4 is 29.5 Å². The number of halogens is 2. The molecule has 2 aromatic carbocycles. The highest BCUT2D eigenvalue weighted by Crippen LogP contribution is 2.28. The molecular formula is C18H18Cl2O8. The Hall–Kier alpha value is -1.91. The fraction of sp³-hybridized carbons (Fsp3) is 0.278. The molecular weight excluding hydrogens is 415 g/mol. The summed E-state index contributed by atoms with van der Waals surface area (Å²) in [5, 5.41) is 51.2. The predicted octanol–water partition coefficient (Wildman–Crippen LogP) is 0.740. The van der Waals surface area contributed by atoms with Gasteiger partial charge in [0.1, 0.15) is 29.8 Å². The van der Waals surface area contributed by atoms with E-state index in [0.717, 1.165) is 0 Å². The van der Waals surface area contributed by atoms with Crippen LogP contribution in [0.2, 0.25) is 10.0 Å². The van der Waals surface area contributed by atoms with E-state index >= 15 is 0 Å². The average Bonchev–Trinajstić information content (AvgIpc) is 2.69. The van der Waals surface area contributed by atoms with Gasteiger partial charge in [-0.2, -0.15) is 0 Å². The van der Waals surface area contributed by atoms with Gasteiger partial charge in [-0.3, -0.25) is 0 Å². The number of hydrogen-bond acceptors (Lipinski definition) is 8.